The number of benzene rings is 1. The predicted molar refractivity (Wildman–Crippen MR) is 62.8 cm³/mol. The minimum atomic E-state index is 0.360. The Kier molecular flexibility index (Phi) is 3.37. The lowest BCUT2D eigenvalue weighted by Gasteiger charge is -2.03. The van der Waals surface area contributed by atoms with Gasteiger partial charge in [-0.2, -0.15) is 5.10 Å². The van der Waals surface area contributed by atoms with E-state index in [9.17, 15) is 0 Å². The quantitative estimate of drug-likeness (QED) is 0.819. The second-order valence-electron chi connectivity index (χ2n) is 3.36. The smallest absolute Gasteiger partial charge is 0.252 e. The summed E-state index contributed by atoms with van der Waals surface area (Å²) < 4.78 is 4.94. The minimum Gasteiger partial charge on any atom is -0.479 e. The van der Waals surface area contributed by atoms with Gasteiger partial charge in [0, 0.05) is 6.42 Å². The van der Waals surface area contributed by atoms with Crippen LogP contribution in [0.4, 0.5) is 0 Å². The molecule has 0 aliphatic carbocycles. The van der Waals surface area contributed by atoms with E-state index in [1.54, 1.807) is 6.07 Å². The highest BCUT2D eigenvalue weighted by molar-refractivity contribution is 6.31. The zero-order chi connectivity index (χ0) is 11.4. The Balaban J connectivity index is 2.20. The van der Waals surface area contributed by atoms with Crippen molar-refractivity contribution in [3.63, 3.8) is 0 Å². The van der Waals surface area contributed by atoms with E-state index in [0.717, 1.165) is 12.1 Å². The van der Waals surface area contributed by atoms with Crippen LogP contribution in [0.1, 0.15) is 11.3 Å². The summed E-state index contributed by atoms with van der Waals surface area (Å²) in [5.74, 6) is 0.360. The van der Waals surface area contributed by atoms with Crippen molar-refractivity contribution in [3.8, 4) is 5.88 Å². The molecule has 0 unspecified atom stereocenters. The third-order valence-corrected chi connectivity index (χ3v) is 2.46. The number of hydrogen-bond acceptors (Lipinski definition) is 3. The molecule has 1 aromatic heterocycles. The molecule has 2 aromatic rings. The van der Waals surface area contributed by atoms with Crippen LogP contribution in [0.2, 0.25) is 5.02 Å². The second-order valence-corrected chi connectivity index (χ2v) is 3.76. The number of ether oxygens (including phenoxy) is 1. The zero-order valence-corrected chi connectivity index (χ0v) is 9.61. The molecule has 0 fully saturated rings. The normalized spacial score (nSPS) is 10.1. The summed E-state index contributed by atoms with van der Waals surface area (Å²) in [6, 6.07) is 11.8. The van der Waals surface area contributed by atoms with Gasteiger partial charge in [-0.1, -0.05) is 41.9 Å². The summed E-state index contributed by atoms with van der Waals surface area (Å²) in [5.41, 5.74) is 2.01. The largest absolute Gasteiger partial charge is 0.479 e. The first kappa shape index (κ1) is 10.9. The van der Waals surface area contributed by atoms with Crippen LogP contribution < -0.4 is 4.74 Å². The Labute approximate surface area is 99.0 Å². The molecular formula is C12H11ClN2O. The van der Waals surface area contributed by atoms with E-state index in [0.29, 0.717) is 10.9 Å². The van der Waals surface area contributed by atoms with Crippen molar-refractivity contribution in [2.75, 3.05) is 7.11 Å². The molecule has 0 saturated heterocycles. The molecule has 0 aliphatic heterocycles. The van der Waals surface area contributed by atoms with E-state index in [2.05, 4.69) is 10.2 Å². The van der Waals surface area contributed by atoms with E-state index in [1.165, 1.54) is 12.7 Å². The van der Waals surface area contributed by atoms with Crippen molar-refractivity contribution in [3.05, 3.63) is 52.7 Å². The molecule has 0 radical (unpaired) electrons. The Bertz CT molecular complexity index is 474. The van der Waals surface area contributed by atoms with Crippen molar-refractivity contribution in [1.82, 2.24) is 10.2 Å². The Morgan fingerprint density at radius 2 is 1.94 bits per heavy atom. The van der Waals surface area contributed by atoms with Crippen molar-refractivity contribution < 1.29 is 4.74 Å². The van der Waals surface area contributed by atoms with Crippen LogP contribution in [0.15, 0.2) is 36.4 Å². The van der Waals surface area contributed by atoms with Crippen molar-refractivity contribution in [2.24, 2.45) is 0 Å². The minimum absolute atomic E-state index is 0.360. The molecule has 0 atom stereocenters. The Hall–Kier alpha value is -1.61. The SMILES string of the molecule is COc1nnc(Cc2ccccc2)cc1Cl. The molecule has 0 amide bonds. The molecule has 0 aliphatic rings. The third kappa shape index (κ3) is 2.49. The summed E-state index contributed by atoms with van der Waals surface area (Å²) in [5, 5.41) is 8.42. The van der Waals surface area contributed by atoms with Crippen LogP contribution in [-0.2, 0) is 6.42 Å². The fourth-order valence-corrected chi connectivity index (χ4v) is 1.66. The fourth-order valence-electron chi connectivity index (χ4n) is 1.42. The average molecular weight is 235 g/mol. The van der Waals surface area contributed by atoms with Crippen LogP contribution >= 0.6 is 11.6 Å². The van der Waals surface area contributed by atoms with E-state index in [-0.39, 0.29) is 0 Å². The second kappa shape index (κ2) is 4.94. The number of rotatable bonds is 3. The third-order valence-electron chi connectivity index (χ3n) is 2.19. The van der Waals surface area contributed by atoms with Gasteiger partial charge in [0.15, 0.2) is 0 Å². The molecule has 82 valence electrons. The van der Waals surface area contributed by atoms with Crippen LogP contribution in [0.5, 0.6) is 5.88 Å². The molecule has 0 bridgehead atoms. The maximum absolute atomic E-state index is 5.97. The lowest BCUT2D eigenvalue weighted by atomic mass is 10.1. The van der Waals surface area contributed by atoms with E-state index in [1.807, 2.05) is 30.3 Å². The van der Waals surface area contributed by atoms with E-state index >= 15 is 0 Å². The Morgan fingerprint density at radius 3 is 2.56 bits per heavy atom. The summed E-state index contributed by atoms with van der Waals surface area (Å²) in [4.78, 5) is 0. The van der Waals surface area contributed by atoms with Gasteiger partial charge in [-0.3, -0.25) is 0 Å². The van der Waals surface area contributed by atoms with Gasteiger partial charge in [-0.15, -0.1) is 5.10 Å². The average Bonchev–Trinajstić information content (AvgIpc) is 2.31. The topological polar surface area (TPSA) is 35.0 Å². The van der Waals surface area contributed by atoms with E-state index in [4.69, 9.17) is 16.3 Å². The van der Waals surface area contributed by atoms with Gasteiger partial charge in [-0.25, -0.2) is 0 Å². The maximum atomic E-state index is 5.97. The summed E-state index contributed by atoms with van der Waals surface area (Å²) in [6.07, 6.45) is 0.720. The fraction of sp³-hybridized carbons (Fsp3) is 0.167. The molecule has 3 nitrogen and oxygen atoms in total. The summed E-state index contributed by atoms with van der Waals surface area (Å²) in [6.45, 7) is 0. The molecular weight excluding hydrogens is 224 g/mol. The van der Waals surface area contributed by atoms with Gasteiger partial charge in [0.25, 0.3) is 5.88 Å². The number of halogens is 1. The van der Waals surface area contributed by atoms with Crippen LogP contribution in [0.3, 0.4) is 0 Å². The number of methoxy groups -OCH3 is 1. The zero-order valence-electron chi connectivity index (χ0n) is 8.85. The highest BCUT2D eigenvalue weighted by atomic mass is 35.5. The van der Waals surface area contributed by atoms with Crippen LogP contribution in [0, 0.1) is 0 Å². The highest BCUT2D eigenvalue weighted by Crippen LogP contribution is 2.21. The molecule has 0 saturated carbocycles. The summed E-state index contributed by atoms with van der Waals surface area (Å²) in [7, 11) is 1.52. The van der Waals surface area contributed by atoms with Crippen molar-refractivity contribution >= 4 is 11.6 Å². The summed E-state index contributed by atoms with van der Waals surface area (Å²) >= 11 is 5.97. The van der Waals surface area contributed by atoms with Gasteiger partial charge < -0.3 is 4.74 Å². The van der Waals surface area contributed by atoms with E-state index < -0.39 is 0 Å². The first-order chi connectivity index (χ1) is 7.79. The molecule has 1 aromatic carbocycles. The Morgan fingerprint density at radius 1 is 1.19 bits per heavy atom. The van der Waals surface area contributed by atoms with Gasteiger partial charge in [-0.05, 0) is 11.6 Å². The standard InChI is InChI=1S/C12H11ClN2O/c1-16-12-11(13)8-10(14-15-12)7-9-5-3-2-4-6-9/h2-6,8H,7H2,1H3. The molecule has 16 heavy (non-hydrogen) atoms. The molecule has 0 N–H and O–H groups in total. The van der Waals surface area contributed by atoms with Gasteiger partial charge >= 0.3 is 0 Å². The first-order valence-corrected chi connectivity index (χ1v) is 5.27. The first-order valence-electron chi connectivity index (χ1n) is 4.89. The van der Waals surface area contributed by atoms with Gasteiger partial charge in [0.1, 0.15) is 5.02 Å². The molecule has 4 heteroatoms. The number of nitrogens with zero attached hydrogens (tertiary/aromatic N) is 2. The van der Waals surface area contributed by atoms with Crippen LogP contribution in [-0.4, -0.2) is 17.3 Å². The molecule has 2 rings (SSSR count). The number of aromatic nitrogens is 2. The monoisotopic (exact) mass is 234 g/mol. The van der Waals surface area contributed by atoms with Crippen molar-refractivity contribution in [1.29, 1.82) is 0 Å². The maximum Gasteiger partial charge on any atom is 0.252 e. The number of hydrogen-bond donors (Lipinski definition) is 0. The highest BCUT2D eigenvalue weighted by Gasteiger charge is 2.05. The predicted octanol–water partition coefficient (Wildman–Crippen LogP) is 2.73. The van der Waals surface area contributed by atoms with Crippen LogP contribution in [0.25, 0.3) is 0 Å². The molecule has 0 spiro atoms. The molecule has 1 heterocycles. The lowest BCUT2D eigenvalue weighted by molar-refractivity contribution is 0.391. The van der Waals surface area contributed by atoms with Gasteiger partial charge in [0.2, 0.25) is 0 Å². The lowest BCUT2D eigenvalue weighted by Crippen LogP contribution is -1.97. The van der Waals surface area contributed by atoms with Crippen molar-refractivity contribution in [2.45, 2.75) is 6.42 Å². The van der Waals surface area contributed by atoms with Gasteiger partial charge in [0.05, 0.1) is 12.8 Å².